The third kappa shape index (κ3) is 4.36. The molecule has 2 amide bonds. The minimum Gasteiger partial charge on any atom is -0.267 e. The van der Waals surface area contributed by atoms with Gasteiger partial charge in [-0.3, -0.25) is 20.4 Å². The van der Waals surface area contributed by atoms with Crippen LogP contribution in [0.2, 0.25) is 0 Å². The monoisotopic (exact) mass is 431 g/mol. The van der Waals surface area contributed by atoms with Crippen molar-refractivity contribution in [2.24, 2.45) is 0 Å². The fourth-order valence-corrected chi connectivity index (χ4v) is 3.42. The first-order chi connectivity index (χ1) is 14.2. The SMILES string of the molecule is CN(C)S(=O)(=O)c1cccc(C(=O)NNC(=O)c2ccn(-c3ccccc3F)n2)c1. The molecule has 2 aromatic carbocycles. The van der Waals surface area contributed by atoms with E-state index in [4.69, 9.17) is 0 Å². The van der Waals surface area contributed by atoms with E-state index in [0.717, 1.165) is 4.31 Å². The van der Waals surface area contributed by atoms with Crippen LogP contribution in [-0.2, 0) is 10.0 Å². The smallest absolute Gasteiger partial charge is 0.267 e. The summed E-state index contributed by atoms with van der Waals surface area (Å²) in [6.07, 6.45) is 1.41. The minimum absolute atomic E-state index is 0.0371. The van der Waals surface area contributed by atoms with Gasteiger partial charge in [0.25, 0.3) is 11.8 Å². The van der Waals surface area contributed by atoms with Crippen LogP contribution >= 0.6 is 0 Å². The molecule has 156 valence electrons. The Morgan fingerprint density at radius 3 is 2.40 bits per heavy atom. The molecule has 0 atom stereocenters. The van der Waals surface area contributed by atoms with Crippen LogP contribution in [-0.4, -0.2) is 48.4 Å². The number of hydrogen-bond donors (Lipinski definition) is 2. The molecule has 0 radical (unpaired) electrons. The average molecular weight is 431 g/mol. The van der Waals surface area contributed by atoms with E-state index < -0.39 is 27.7 Å². The summed E-state index contributed by atoms with van der Waals surface area (Å²) in [5, 5.41) is 3.99. The standard InChI is InChI=1S/C19H18FN5O4S/c1-24(2)30(28,29)14-7-5-6-13(12-14)18(26)21-22-19(27)16-10-11-25(23-16)17-9-4-3-8-15(17)20/h3-12H,1-2H3,(H,21,26)(H,22,27). The van der Waals surface area contributed by atoms with Gasteiger partial charge in [0.15, 0.2) is 5.69 Å². The van der Waals surface area contributed by atoms with E-state index in [1.165, 1.54) is 73.5 Å². The molecule has 11 heteroatoms. The van der Waals surface area contributed by atoms with Crippen LogP contribution in [0, 0.1) is 5.82 Å². The highest BCUT2D eigenvalue weighted by Gasteiger charge is 2.19. The number of halogens is 1. The second kappa shape index (κ2) is 8.43. The predicted molar refractivity (Wildman–Crippen MR) is 106 cm³/mol. The number of benzene rings is 2. The van der Waals surface area contributed by atoms with Crippen molar-refractivity contribution >= 4 is 21.8 Å². The van der Waals surface area contributed by atoms with Gasteiger partial charge in [0, 0.05) is 25.9 Å². The Balaban J connectivity index is 1.69. The molecule has 0 saturated heterocycles. The van der Waals surface area contributed by atoms with Gasteiger partial charge in [-0.05, 0) is 36.4 Å². The summed E-state index contributed by atoms with van der Waals surface area (Å²) in [6.45, 7) is 0. The molecule has 0 aliphatic carbocycles. The van der Waals surface area contributed by atoms with Gasteiger partial charge in [0.1, 0.15) is 11.5 Å². The highest BCUT2D eigenvalue weighted by atomic mass is 32.2. The largest absolute Gasteiger partial charge is 0.290 e. The Bertz CT molecular complexity index is 1210. The van der Waals surface area contributed by atoms with Gasteiger partial charge in [0.05, 0.1) is 4.90 Å². The summed E-state index contributed by atoms with van der Waals surface area (Å²) >= 11 is 0. The number of sulfonamides is 1. The molecule has 0 spiro atoms. The fourth-order valence-electron chi connectivity index (χ4n) is 2.48. The van der Waals surface area contributed by atoms with Crippen LogP contribution in [0.5, 0.6) is 0 Å². The zero-order valence-electron chi connectivity index (χ0n) is 16.0. The van der Waals surface area contributed by atoms with Crippen molar-refractivity contribution in [2.45, 2.75) is 4.90 Å². The van der Waals surface area contributed by atoms with Gasteiger partial charge < -0.3 is 0 Å². The minimum atomic E-state index is -3.71. The highest BCUT2D eigenvalue weighted by molar-refractivity contribution is 7.89. The number of amides is 2. The topological polar surface area (TPSA) is 113 Å². The Labute approximate surface area is 172 Å². The zero-order valence-corrected chi connectivity index (χ0v) is 16.9. The summed E-state index contributed by atoms with van der Waals surface area (Å²) in [5.41, 5.74) is 4.54. The van der Waals surface area contributed by atoms with E-state index in [0.29, 0.717) is 0 Å². The number of rotatable bonds is 5. The number of carbonyl (C=O) groups is 2. The van der Waals surface area contributed by atoms with Gasteiger partial charge in [-0.15, -0.1) is 0 Å². The lowest BCUT2D eigenvalue weighted by molar-refractivity contribution is 0.0843. The number of aromatic nitrogens is 2. The van der Waals surface area contributed by atoms with Crippen molar-refractivity contribution in [3.05, 3.63) is 77.9 Å². The van der Waals surface area contributed by atoms with Gasteiger partial charge in [-0.25, -0.2) is 21.8 Å². The van der Waals surface area contributed by atoms with Gasteiger partial charge in [-0.1, -0.05) is 18.2 Å². The van der Waals surface area contributed by atoms with Crippen LogP contribution in [0.1, 0.15) is 20.8 Å². The van der Waals surface area contributed by atoms with Crippen molar-refractivity contribution in [3.8, 4) is 5.69 Å². The maximum Gasteiger partial charge on any atom is 0.290 e. The van der Waals surface area contributed by atoms with E-state index in [1.807, 2.05) is 0 Å². The molecule has 2 N–H and O–H groups in total. The molecule has 0 aliphatic rings. The molecule has 30 heavy (non-hydrogen) atoms. The highest BCUT2D eigenvalue weighted by Crippen LogP contribution is 2.15. The summed E-state index contributed by atoms with van der Waals surface area (Å²) in [5.74, 6) is -1.95. The Morgan fingerprint density at radius 1 is 1.00 bits per heavy atom. The normalized spacial score (nSPS) is 11.3. The summed E-state index contributed by atoms with van der Waals surface area (Å²) in [7, 11) is -0.956. The maximum absolute atomic E-state index is 13.8. The lowest BCUT2D eigenvalue weighted by Crippen LogP contribution is -2.41. The number of para-hydroxylation sites is 1. The second-order valence-electron chi connectivity index (χ2n) is 6.32. The van der Waals surface area contributed by atoms with Crippen molar-refractivity contribution in [2.75, 3.05) is 14.1 Å². The summed E-state index contributed by atoms with van der Waals surface area (Å²) in [6, 6.07) is 12.7. The van der Waals surface area contributed by atoms with Crippen molar-refractivity contribution in [3.63, 3.8) is 0 Å². The van der Waals surface area contributed by atoms with Crippen molar-refractivity contribution < 1.29 is 22.4 Å². The molecule has 0 bridgehead atoms. The molecule has 0 fully saturated rings. The first-order valence-electron chi connectivity index (χ1n) is 8.64. The van der Waals surface area contributed by atoms with Crippen LogP contribution in [0.15, 0.2) is 65.7 Å². The van der Waals surface area contributed by atoms with Crippen molar-refractivity contribution in [1.82, 2.24) is 24.9 Å². The van der Waals surface area contributed by atoms with E-state index in [-0.39, 0.29) is 21.8 Å². The van der Waals surface area contributed by atoms with E-state index >= 15 is 0 Å². The number of hydrazine groups is 1. The lowest BCUT2D eigenvalue weighted by atomic mass is 10.2. The Morgan fingerprint density at radius 2 is 1.70 bits per heavy atom. The van der Waals surface area contributed by atoms with E-state index in [2.05, 4.69) is 16.0 Å². The van der Waals surface area contributed by atoms with Crippen LogP contribution < -0.4 is 10.9 Å². The Hall–Kier alpha value is -3.57. The molecule has 1 heterocycles. The van der Waals surface area contributed by atoms with Crippen molar-refractivity contribution in [1.29, 1.82) is 0 Å². The van der Waals surface area contributed by atoms with Gasteiger partial charge in [-0.2, -0.15) is 5.10 Å². The fraction of sp³-hybridized carbons (Fsp3) is 0.105. The van der Waals surface area contributed by atoms with Gasteiger partial charge >= 0.3 is 0 Å². The molecule has 0 saturated carbocycles. The second-order valence-corrected chi connectivity index (χ2v) is 8.47. The third-order valence-corrected chi connectivity index (χ3v) is 5.90. The number of carbonyl (C=O) groups excluding carboxylic acids is 2. The first-order valence-corrected chi connectivity index (χ1v) is 10.1. The molecule has 3 aromatic rings. The van der Waals surface area contributed by atoms with Crippen LogP contribution in [0.3, 0.4) is 0 Å². The zero-order chi connectivity index (χ0) is 21.9. The Kier molecular flexibility index (Phi) is 5.94. The van der Waals surface area contributed by atoms with Crippen LogP contribution in [0.25, 0.3) is 5.69 Å². The van der Waals surface area contributed by atoms with E-state index in [9.17, 15) is 22.4 Å². The third-order valence-electron chi connectivity index (χ3n) is 4.09. The first kappa shape index (κ1) is 21.1. The van der Waals surface area contributed by atoms with Gasteiger partial charge in [0.2, 0.25) is 10.0 Å². The molecular formula is C19H18FN5O4S. The predicted octanol–water partition coefficient (Wildman–Crippen LogP) is 1.34. The molecular weight excluding hydrogens is 413 g/mol. The molecule has 3 rings (SSSR count). The lowest BCUT2D eigenvalue weighted by Gasteiger charge is -2.12. The number of nitrogens with zero attached hydrogens (tertiary/aromatic N) is 3. The van der Waals surface area contributed by atoms with E-state index in [1.54, 1.807) is 6.07 Å². The molecule has 1 aromatic heterocycles. The number of hydrogen-bond acceptors (Lipinski definition) is 5. The van der Waals surface area contributed by atoms with Crippen LogP contribution in [0.4, 0.5) is 4.39 Å². The molecule has 0 aliphatic heterocycles. The maximum atomic E-state index is 13.8. The molecule has 9 nitrogen and oxygen atoms in total. The average Bonchev–Trinajstić information content (AvgIpc) is 3.22. The molecule has 0 unspecified atom stereocenters. The quantitative estimate of drug-likeness (QED) is 0.592. The number of nitrogens with one attached hydrogen (secondary N) is 2. The summed E-state index contributed by atoms with van der Waals surface area (Å²) < 4.78 is 40.4. The summed E-state index contributed by atoms with van der Waals surface area (Å²) in [4.78, 5) is 24.5.